The molecule has 0 bridgehead atoms. The van der Waals surface area contributed by atoms with Crippen molar-refractivity contribution in [2.45, 2.75) is 70.9 Å². The van der Waals surface area contributed by atoms with Crippen molar-refractivity contribution in [3.8, 4) is 0 Å². The number of aliphatic hydroxyl groups excluding tert-OH is 4. The van der Waals surface area contributed by atoms with Gasteiger partial charge in [0.1, 0.15) is 0 Å². The Bertz CT molecular complexity index is 225. The molecule has 0 saturated carbocycles. The molecular formula is C14H31NO4. The molecule has 0 rings (SSSR count). The van der Waals surface area contributed by atoms with E-state index in [9.17, 15) is 20.4 Å². The van der Waals surface area contributed by atoms with Crippen LogP contribution in [0.15, 0.2) is 0 Å². The zero-order valence-corrected chi connectivity index (χ0v) is 12.4. The van der Waals surface area contributed by atoms with Crippen LogP contribution in [0.5, 0.6) is 0 Å². The molecule has 0 aromatic heterocycles. The van der Waals surface area contributed by atoms with Gasteiger partial charge in [0.2, 0.25) is 0 Å². The van der Waals surface area contributed by atoms with Gasteiger partial charge in [-0.25, -0.2) is 0 Å². The van der Waals surface area contributed by atoms with E-state index in [0.29, 0.717) is 18.9 Å². The molecule has 5 nitrogen and oxygen atoms in total. The Hall–Kier alpha value is -0.200. The molecule has 0 aliphatic rings. The maximum Gasteiger partial charge on any atom is 0.0602 e. The molecule has 0 saturated heterocycles. The van der Waals surface area contributed by atoms with Gasteiger partial charge in [0, 0.05) is 0 Å². The fourth-order valence-corrected chi connectivity index (χ4v) is 2.13. The summed E-state index contributed by atoms with van der Waals surface area (Å²) in [5.74, 6) is 0.303. The molecule has 0 aliphatic heterocycles. The van der Waals surface area contributed by atoms with Crippen molar-refractivity contribution in [1.29, 1.82) is 0 Å². The lowest BCUT2D eigenvalue weighted by Crippen LogP contribution is -2.31. The van der Waals surface area contributed by atoms with Crippen LogP contribution in [0.25, 0.3) is 0 Å². The van der Waals surface area contributed by atoms with Crippen molar-refractivity contribution < 1.29 is 20.4 Å². The van der Waals surface area contributed by atoms with Gasteiger partial charge in [-0.05, 0) is 44.1 Å². The van der Waals surface area contributed by atoms with Gasteiger partial charge in [0.25, 0.3) is 0 Å². The summed E-state index contributed by atoms with van der Waals surface area (Å²) in [5.41, 5.74) is 5.44. The first-order chi connectivity index (χ1) is 8.76. The van der Waals surface area contributed by atoms with E-state index in [2.05, 4.69) is 0 Å². The zero-order chi connectivity index (χ0) is 15.0. The van der Waals surface area contributed by atoms with Gasteiger partial charge in [-0.2, -0.15) is 0 Å². The van der Waals surface area contributed by atoms with Crippen LogP contribution < -0.4 is 5.73 Å². The fourth-order valence-electron chi connectivity index (χ4n) is 2.13. The highest BCUT2D eigenvalue weighted by Crippen LogP contribution is 2.16. The minimum atomic E-state index is -0.773. The standard InChI is InChI=1S/C14H31NO4/c1-9(2)4-11(16)5-12(17)6-13(18)7-14(19)10(3)8-15/h9-14,16-19H,4-8,15H2,1-3H3. The second-order valence-electron chi connectivity index (χ2n) is 6.08. The lowest BCUT2D eigenvalue weighted by molar-refractivity contribution is 0.00600. The topological polar surface area (TPSA) is 107 Å². The second kappa shape index (κ2) is 9.66. The second-order valence-corrected chi connectivity index (χ2v) is 6.08. The summed E-state index contributed by atoms with van der Waals surface area (Å²) in [6, 6.07) is 0. The van der Waals surface area contributed by atoms with Crippen molar-refractivity contribution in [1.82, 2.24) is 0 Å². The number of nitrogens with two attached hydrogens (primary N) is 1. The van der Waals surface area contributed by atoms with E-state index < -0.39 is 24.4 Å². The average molecular weight is 277 g/mol. The average Bonchev–Trinajstić information content (AvgIpc) is 2.25. The minimum absolute atomic E-state index is 0.0710. The van der Waals surface area contributed by atoms with Crippen LogP contribution >= 0.6 is 0 Å². The van der Waals surface area contributed by atoms with Crippen LogP contribution in [-0.2, 0) is 0 Å². The van der Waals surface area contributed by atoms with Crippen LogP contribution in [0.3, 0.4) is 0 Å². The van der Waals surface area contributed by atoms with Gasteiger partial charge in [-0.3, -0.25) is 0 Å². The number of rotatable bonds is 10. The van der Waals surface area contributed by atoms with E-state index >= 15 is 0 Å². The smallest absolute Gasteiger partial charge is 0.0602 e. The Balaban J connectivity index is 3.94. The van der Waals surface area contributed by atoms with E-state index in [1.54, 1.807) is 0 Å². The molecule has 5 unspecified atom stereocenters. The van der Waals surface area contributed by atoms with Crippen molar-refractivity contribution in [3.63, 3.8) is 0 Å². The highest BCUT2D eigenvalue weighted by molar-refractivity contribution is 4.74. The third-order valence-corrected chi connectivity index (χ3v) is 3.37. The first kappa shape index (κ1) is 18.8. The summed E-state index contributed by atoms with van der Waals surface area (Å²) in [6.07, 6.45) is -1.45. The Kier molecular flexibility index (Phi) is 9.56. The molecule has 0 aromatic rings. The van der Waals surface area contributed by atoms with Crippen LogP contribution in [0, 0.1) is 11.8 Å². The molecule has 0 amide bonds. The SMILES string of the molecule is CC(C)CC(O)CC(O)CC(O)CC(O)C(C)CN. The number of hydrogen-bond acceptors (Lipinski definition) is 5. The summed E-state index contributed by atoms with van der Waals surface area (Å²) >= 11 is 0. The summed E-state index contributed by atoms with van der Waals surface area (Å²) in [7, 11) is 0. The molecule has 0 spiro atoms. The summed E-state index contributed by atoms with van der Waals surface area (Å²) in [5, 5.41) is 39.0. The number of hydrogen-bond donors (Lipinski definition) is 5. The largest absolute Gasteiger partial charge is 0.393 e. The van der Waals surface area contributed by atoms with E-state index in [1.165, 1.54) is 0 Å². The first-order valence-corrected chi connectivity index (χ1v) is 7.18. The summed E-state index contributed by atoms with van der Waals surface area (Å²) in [4.78, 5) is 0. The van der Waals surface area contributed by atoms with E-state index in [0.717, 1.165) is 0 Å². The van der Waals surface area contributed by atoms with Crippen molar-refractivity contribution in [2.75, 3.05) is 6.54 Å². The lowest BCUT2D eigenvalue weighted by atomic mass is 9.94. The summed E-state index contributed by atoms with van der Waals surface area (Å²) in [6.45, 7) is 6.20. The fraction of sp³-hybridized carbons (Fsp3) is 1.00. The zero-order valence-electron chi connectivity index (χ0n) is 12.4. The maximum absolute atomic E-state index is 9.79. The summed E-state index contributed by atoms with van der Waals surface area (Å²) < 4.78 is 0. The Morgan fingerprint density at radius 3 is 1.58 bits per heavy atom. The van der Waals surface area contributed by atoms with Gasteiger partial charge in [0.05, 0.1) is 24.4 Å². The minimum Gasteiger partial charge on any atom is -0.393 e. The van der Waals surface area contributed by atoms with Crippen LogP contribution in [-0.4, -0.2) is 51.4 Å². The molecule has 19 heavy (non-hydrogen) atoms. The normalized spacial score (nSPS) is 20.1. The van der Waals surface area contributed by atoms with Crippen LogP contribution in [0.2, 0.25) is 0 Å². The molecule has 5 atom stereocenters. The predicted molar refractivity (Wildman–Crippen MR) is 75.6 cm³/mol. The Labute approximate surface area is 116 Å². The van der Waals surface area contributed by atoms with Crippen molar-refractivity contribution >= 4 is 0 Å². The third kappa shape index (κ3) is 9.35. The van der Waals surface area contributed by atoms with Crippen molar-refractivity contribution in [3.05, 3.63) is 0 Å². The maximum atomic E-state index is 9.79. The van der Waals surface area contributed by atoms with Gasteiger partial charge >= 0.3 is 0 Å². The predicted octanol–water partition coefficient (Wildman–Crippen LogP) is 0.241. The number of aliphatic hydroxyl groups is 4. The molecule has 0 heterocycles. The van der Waals surface area contributed by atoms with Gasteiger partial charge in [-0.1, -0.05) is 20.8 Å². The lowest BCUT2D eigenvalue weighted by Gasteiger charge is -2.23. The quantitative estimate of drug-likeness (QED) is 0.393. The molecule has 116 valence electrons. The monoisotopic (exact) mass is 277 g/mol. The van der Waals surface area contributed by atoms with Gasteiger partial charge in [-0.15, -0.1) is 0 Å². The molecule has 6 N–H and O–H groups in total. The highest BCUT2D eigenvalue weighted by atomic mass is 16.3. The Morgan fingerprint density at radius 1 is 0.737 bits per heavy atom. The third-order valence-electron chi connectivity index (χ3n) is 3.37. The van der Waals surface area contributed by atoms with Gasteiger partial charge < -0.3 is 26.2 Å². The van der Waals surface area contributed by atoms with Crippen LogP contribution in [0.1, 0.15) is 46.5 Å². The van der Waals surface area contributed by atoms with E-state index in [1.807, 2.05) is 20.8 Å². The first-order valence-electron chi connectivity index (χ1n) is 7.18. The van der Waals surface area contributed by atoms with E-state index in [-0.39, 0.29) is 25.2 Å². The van der Waals surface area contributed by atoms with Crippen LogP contribution in [0.4, 0.5) is 0 Å². The molecular weight excluding hydrogens is 246 g/mol. The molecule has 0 radical (unpaired) electrons. The molecule has 5 heteroatoms. The van der Waals surface area contributed by atoms with Crippen molar-refractivity contribution in [2.24, 2.45) is 17.6 Å². The van der Waals surface area contributed by atoms with Gasteiger partial charge in [0.15, 0.2) is 0 Å². The highest BCUT2D eigenvalue weighted by Gasteiger charge is 2.21. The van der Waals surface area contributed by atoms with E-state index in [4.69, 9.17) is 5.73 Å². The molecule has 0 aliphatic carbocycles. The molecule has 0 aromatic carbocycles. The Morgan fingerprint density at radius 2 is 1.16 bits per heavy atom. The molecule has 0 fully saturated rings.